The summed E-state index contributed by atoms with van der Waals surface area (Å²) in [7, 11) is 1.92. The Morgan fingerprint density at radius 1 is 1.19 bits per heavy atom. The molecule has 2 aliphatic rings. The summed E-state index contributed by atoms with van der Waals surface area (Å²) >= 11 is 3.61. The monoisotopic (exact) mass is 567 g/mol. The van der Waals surface area contributed by atoms with Crippen LogP contribution in [0.3, 0.4) is 0 Å². The third-order valence-electron chi connectivity index (χ3n) is 7.01. The van der Waals surface area contributed by atoms with Crippen LogP contribution < -0.4 is 5.32 Å². The molecular formula is C26H30BrN7O3. The van der Waals surface area contributed by atoms with Crippen LogP contribution >= 0.6 is 15.9 Å². The third-order valence-corrected chi connectivity index (χ3v) is 7.81. The van der Waals surface area contributed by atoms with Crippen molar-refractivity contribution in [2.45, 2.75) is 32.6 Å². The van der Waals surface area contributed by atoms with E-state index in [1.807, 2.05) is 23.7 Å². The normalized spacial score (nSPS) is 20.7. The Hall–Kier alpha value is -3.34. The predicted molar refractivity (Wildman–Crippen MR) is 143 cm³/mol. The summed E-state index contributed by atoms with van der Waals surface area (Å²) in [6, 6.07) is 3.75. The molecule has 1 aromatic carbocycles. The first-order valence-electron chi connectivity index (χ1n) is 12.6. The lowest BCUT2D eigenvalue weighted by Crippen LogP contribution is -2.40. The van der Waals surface area contributed by atoms with Gasteiger partial charge in [-0.25, -0.2) is 4.98 Å². The van der Waals surface area contributed by atoms with Crippen molar-refractivity contribution in [3.05, 3.63) is 47.2 Å². The van der Waals surface area contributed by atoms with Crippen molar-refractivity contribution < 1.29 is 14.3 Å². The van der Waals surface area contributed by atoms with Gasteiger partial charge in [0.25, 0.3) is 0 Å². The van der Waals surface area contributed by atoms with Gasteiger partial charge in [-0.05, 0) is 46.8 Å². The van der Waals surface area contributed by atoms with Gasteiger partial charge in [0.05, 0.1) is 47.0 Å². The van der Waals surface area contributed by atoms with Crippen LogP contribution in [0.5, 0.6) is 0 Å². The molecule has 1 unspecified atom stereocenters. The average Bonchev–Trinajstić information content (AvgIpc) is 3.17. The van der Waals surface area contributed by atoms with Crippen LogP contribution in [0, 0.1) is 17.8 Å². The molecule has 5 rings (SSSR count). The number of carbonyl (C=O) groups excluding carboxylic acids is 2. The number of rotatable bonds is 9. The van der Waals surface area contributed by atoms with Crippen molar-refractivity contribution in [2.24, 2.45) is 29.8 Å². The van der Waals surface area contributed by atoms with Gasteiger partial charge in [0.15, 0.2) is 0 Å². The number of benzene rings is 1. The maximum Gasteiger partial charge on any atom is 0.310 e. The summed E-state index contributed by atoms with van der Waals surface area (Å²) in [5.74, 6) is -0.981. The SMILES string of the molecule is CCCCCOC(=O)C1[C@@H](C(=O)N2CCN=C2Nc2ccc3nccnc3c2Br)[C@H]1Cc1cncn1C. The van der Waals surface area contributed by atoms with Crippen molar-refractivity contribution in [3.8, 4) is 0 Å². The van der Waals surface area contributed by atoms with Crippen LogP contribution in [-0.4, -0.2) is 62.0 Å². The molecule has 0 radical (unpaired) electrons. The Kier molecular flexibility index (Phi) is 7.50. The number of anilines is 1. The lowest BCUT2D eigenvalue weighted by Gasteiger charge is -2.20. The quantitative estimate of drug-likeness (QED) is 0.310. The van der Waals surface area contributed by atoms with Crippen LogP contribution in [0.2, 0.25) is 0 Å². The second-order valence-corrected chi connectivity index (χ2v) is 10.3. The van der Waals surface area contributed by atoms with E-state index in [1.165, 1.54) is 0 Å². The van der Waals surface area contributed by atoms with Gasteiger partial charge in [0.2, 0.25) is 11.9 Å². The number of fused-ring (bicyclic) bond motifs is 1. The Morgan fingerprint density at radius 3 is 2.81 bits per heavy atom. The van der Waals surface area contributed by atoms with Crippen molar-refractivity contribution in [3.63, 3.8) is 0 Å². The molecule has 37 heavy (non-hydrogen) atoms. The molecule has 10 nitrogen and oxygen atoms in total. The van der Waals surface area contributed by atoms with Crippen LogP contribution in [0.4, 0.5) is 5.69 Å². The maximum absolute atomic E-state index is 13.8. The number of halogens is 1. The Labute approximate surface area is 223 Å². The number of esters is 1. The summed E-state index contributed by atoms with van der Waals surface area (Å²) < 4.78 is 8.24. The lowest BCUT2D eigenvalue weighted by molar-refractivity contribution is -0.147. The minimum Gasteiger partial charge on any atom is -0.465 e. The van der Waals surface area contributed by atoms with E-state index in [0.29, 0.717) is 37.6 Å². The molecular weight excluding hydrogens is 538 g/mol. The van der Waals surface area contributed by atoms with E-state index in [4.69, 9.17) is 4.74 Å². The van der Waals surface area contributed by atoms with Gasteiger partial charge < -0.3 is 14.6 Å². The first kappa shape index (κ1) is 25.3. The van der Waals surface area contributed by atoms with Gasteiger partial charge in [0, 0.05) is 37.9 Å². The van der Waals surface area contributed by atoms with Gasteiger partial charge in [-0.15, -0.1) is 0 Å². The number of aliphatic imine (C=N–C) groups is 1. The molecule has 0 bridgehead atoms. The van der Waals surface area contributed by atoms with Crippen molar-refractivity contribution >= 4 is 50.5 Å². The fourth-order valence-corrected chi connectivity index (χ4v) is 5.44. The second kappa shape index (κ2) is 11.0. The molecule has 3 heterocycles. The molecule has 1 amide bonds. The first-order valence-corrected chi connectivity index (χ1v) is 13.4. The number of aromatic nitrogens is 4. The molecule has 1 fully saturated rings. The first-order chi connectivity index (χ1) is 18.0. The molecule has 194 valence electrons. The number of carbonyl (C=O) groups is 2. The van der Waals surface area contributed by atoms with E-state index < -0.39 is 11.8 Å². The fourth-order valence-electron chi connectivity index (χ4n) is 4.90. The third kappa shape index (κ3) is 5.22. The Morgan fingerprint density at radius 2 is 2.03 bits per heavy atom. The number of nitrogens with one attached hydrogen (secondary N) is 1. The minimum atomic E-state index is -0.464. The van der Waals surface area contributed by atoms with Crippen LogP contribution in [0.1, 0.15) is 31.9 Å². The van der Waals surface area contributed by atoms with Crippen LogP contribution in [0.25, 0.3) is 11.0 Å². The molecule has 1 aliphatic heterocycles. The molecule has 3 aromatic rings. The second-order valence-electron chi connectivity index (χ2n) is 9.46. The summed E-state index contributed by atoms with van der Waals surface area (Å²) in [5, 5.41) is 3.29. The highest BCUT2D eigenvalue weighted by Crippen LogP contribution is 2.50. The molecule has 1 aliphatic carbocycles. The molecule has 0 saturated heterocycles. The summed E-state index contributed by atoms with van der Waals surface area (Å²) in [6.07, 6.45) is 10.3. The summed E-state index contributed by atoms with van der Waals surface area (Å²) in [5.41, 5.74) is 3.20. The van der Waals surface area contributed by atoms with Gasteiger partial charge in [0.1, 0.15) is 5.52 Å². The zero-order chi connectivity index (χ0) is 25.9. The highest BCUT2D eigenvalue weighted by molar-refractivity contribution is 9.10. The fraction of sp³-hybridized carbons (Fsp3) is 0.462. The smallest absolute Gasteiger partial charge is 0.310 e. The summed E-state index contributed by atoms with van der Waals surface area (Å²) in [4.78, 5) is 45.8. The van der Waals surface area contributed by atoms with Gasteiger partial charge in [-0.3, -0.25) is 29.4 Å². The Bertz CT molecular complexity index is 1340. The lowest BCUT2D eigenvalue weighted by atomic mass is 10.1. The van der Waals surface area contributed by atoms with Gasteiger partial charge in [-0.1, -0.05) is 19.8 Å². The van der Waals surface area contributed by atoms with Crippen molar-refractivity contribution in [1.82, 2.24) is 24.4 Å². The number of aryl methyl sites for hydroxylation is 1. The van der Waals surface area contributed by atoms with E-state index in [9.17, 15) is 9.59 Å². The molecule has 1 saturated carbocycles. The van der Waals surface area contributed by atoms with Gasteiger partial charge >= 0.3 is 5.97 Å². The predicted octanol–water partition coefficient (Wildman–Crippen LogP) is 3.57. The molecule has 3 atom stereocenters. The van der Waals surface area contributed by atoms with E-state index in [0.717, 1.165) is 40.6 Å². The standard InChI is InChI=1S/C26H30BrN7O3/c1-3-4-5-12-37-25(36)21-17(13-16-14-28-15-33(16)2)20(21)24(35)34-11-10-31-26(34)32-18-6-7-19-23(22(18)27)30-9-8-29-19/h6-9,14-15,17,20-21H,3-5,10-13H2,1-2H3,(H,31,32)/t17-,20+,21?/m1/s1. The Balaban J connectivity index is 1.32. The zero-order valence-corrected chi connectivity index (χ0v) is 22.5. The van der Waals surface area contributed by atoms with Crippen molar-refractivity contribution in [2.75, 3.05) is 25.0 Å². The largest absolute Gasteiger partial charge is 0.465 e. The van der Waals surface area contributed by atoms with E-state index in [-0.39, 0.29) is 17.8 Å². The van der Waals surface area contributed by atoms with E-state index in [1.54, 1.807) is 29.8 Å². The van der Waals surface area contributed by atoms with Crippen LogP contribution in [-0.2, 0) is 27.8 Å². The number of amides is 1. The molecule has 1 N–H and O–H groups in total. The van der Waals surface area contributed by atoms with Gasteiger partial charge in [-0.2, -0.15) is 0 Å². The number of nitrogens with zero attached hydrogens (tertiary/aromatic N) is 6. The highest BCUT2D eigenvalue weighted by Gasteiger charge is 2.61. The van der Waals surface area contributed by atoms with E-state index >= 15 is 0 Å². The number of hydrogen-bond acceptors (Lipinski definition) is 8. The van der Waals surface area contributed by atoms with Crippen molar-refractivity contribution in [1.29, 1.82) is 0 Å². The number of unbranched alkanes of at least 4 members (excludes halogenated alkanes) is 2. The molecule has 0 spiro atoms. The topological polar surface area (TPSA) is 115 Å². The number of hydrogen-bond donors (Lipinski definition) is 1. The minimum absolute atomic E-state index is 0.108. The maximum atomic E-state index is 13.8. The number of guanidine groups is 1. The summed E-state index contributed by atoms with van der Waals surface area (Å²) in [6.45, 7) is 3.44. The number of ether oxygens (including phenoxy) is 1. The average molecular weight is 568 g/mol. The molecule has 2 aromatic heterocycles. The van der Waals surface area contributed by atoms with Crippen LogP contribution in [0.15, 0.2) is 46.5 Å². The number of imidazole rings is 1. The highest BCUT2D eigenvalue weighted by atomic mass is 79.9. The van der Waals surface area contributed by atoms with E-state index in [2.05, 4.69) is 48.1 Å². The zero-order valence-electron chi connectivity index (χ0n) is 20.9. The molecule has 11 heteroatoms.